The van der Waals surface area contributed by atoms with E-state index in [1.807, 2.05) is 60.7 Å². The van der Waals surface area contributed by atoms with Crippen molar-refractivity contribution in [2.24, 2.45) is 0 Å². The molecule has 0 atom stereocenters. The van der Waals surface area contributed by atoms with E-state index in [-0.39, 0.29) is 19.0 Å². The van der Waals surface area contributed by atoms with Crippen LogP contribution >= 0.6 is 0 Å². The quantitative estimate of drug-likeness (QED) is 0.536. The van der Waals surface area contributed by atoms with Gasteiger partial charge in [-0.25, -0.2) is 13.4 Å². The van der Waals surface area contributed by atoms with Crippen LogP contribution in [-0.2, 0) is 16.6 Å². The number of hydrogen-bond acceptors (Lipinski definition) is 5. The summed E-state index contributed by atoms with van der Waals surface area (Å²) in [5, 5.41) is 1.22. The number of sulfonamides is 1. The van der Waals surface area contributed by atoms with Crippen LogP contribution in [0.1, 0.15) is 21.5 Å². The monoisotopic (exact) mass is 463 g/mol. The van der Waals surface area contributed by atoms with Crippen molar-refractivity contribution in [1.82, 2.24) is 14.2 Å². The zero-order chi connectivity index (χ0) is 23.1. The van der Waals surface area contributed by atoms with Gasteiger partial charge in [0.2, 0.25) is 15.9 Å². The Morgan fingerprint density at radius 2 is 1.61 bits per heavy atom. The summed E-state index contributed by atoms with van der Waals surface area (Å²) in [5.41, 5.74) is 2.29. The largest absolute Gasteiger partial charge is 0.473 e. The van der Waals surface area contributed by atoms with Crippen LogP contribution in [0.3, 0.4) is 0 Å². The fourth-order valence-electron chi connectivity index (χ4n) is 3.50. The number of aromatic nitrogens is 1. The van der Waals surface area contributed by atoms with E-state index < -0.39 is 10.0 Å². The van der Waals surface area contributed by atoms with Gasteiger partial charge in [-0.3, -0.25) is 4.79 Å². The number of hydrogen-bond donors (Lipinski definition) is 0. The second-order valence-electron chi connectivity index (χ2n) is 7.61. The maximum absolute atomic E-state index is 13.0. The van der Waals surface area contributed by atoms with Crippen LogP contribution in [-0.4, -0.2) is 54.7 Å². The summed E-state index contributed by atoms with van der Waals surface area (Å²) in [4.78, 5) is 18.8. The van der Waals surface area contributed by atoms with Crippen LogP contribution in [0.4, 0.5) is 0 Å². The van der Waals surface area contributed by atoms with Crippen molar-refractivity contribution in [3.8, 4) is 5.88 Å². The zero-order valence-electron chi connectivity index (χ0n) is 18.1. The van der Waals surface area contributed by atoms with Crippen molar-refractivity contribution in [3.63, 3.8) is 0 Å². The molecule has 2 aromatic carbocycles. The van der Waals surface area contributed by atoms with Crippen LogP contribution < -0.4 is 4.74 Å². The van der Waals surface area contributed by atoms with Crippen LogP contribution in [0.2, 0.25) is 0 Å². The van der Waals surface area contributed by atoms with Crippen molar-refractivity contribution >= 4 is 22.0 Å². The molecule has 7 nitrogen and oxygen atoms in total. The molecule has 1 saturated heterocycles. The van der Waals surface area contributed by atoms with Crippen molar-refractivity contribution in [1.29, 1.82) is 0 Å². The molecule has 0 spiro atoms. The molecular weight excluding hydrogens is 438 g/mol. The van der Waals surface area contributed by atoms with Crippen molar-refractivity contribution in [2.45, 2.75) is 6.61 Å². The Labute approximate surface area is 194 Å². The maximum atomic E-state index is 13.0. The topological polar surface area (TPSA) is 79.8 Å². The molecule has 1 aromatic heterocycles. The number of carbonyl (C=O) groups is 1. The third-order valence-corrected chi connectivity index (χ3v) is 6.89. The molecule has 0 aliphatic carbocycles. The van der Waals surface area contributed by atoms with Crippen LogP contribution in [0, 0.1) is 0 Å². The minimum absolute atomic E-state index is 0.168. The highest BCUT2D eigenvalue weighted by Gasteiger charge is 2.28. The van der Waals surface area contributed by atoms with Gasteiger partial charge >= 0.3 is 0 Å². The number of nitrogens with zero attached hydrogens (tertiary/aromatic N) is 3. The summed E-state index contributed by atoms with van der Waals surface area (Å²) in [6.07, 6.45) is 3.13. The standard InChI is InChI=1S/C25H25N3O4S/c29-25(23-11-13-26-24(19-23)32-20-22-9-5-2-6-10-22)27-14-16-28(17-15-27)33(30,31)18-12-21-7-3-1-4-8-21/h1-13,18-19H,14-17,20H2/b18-12+. The van der Waals surface area contributed by atoms with E-state index in [0.29, 0.717) is 31.1 Å². The second kappa shape index (κ2) is 10.4. The van der Waals surface area contributed by atoms with Gasteiger partial charge in [0, 0.05) is 49.4 Å². The molecule has 0 N–H and O–H groups in total. The lowest BCUT2D eigenvalue weighted by atomic mass is 10.2. The highest BCUT2D eigenvalue weighted by Crippen LogP contribution is 2.17. The molecule has 1 fully saturated rings. The number of amides is 1. The van der Waals surface area contributed by atoms with Crippen molar-refractivity contribution in [2.75, 3.05) is 26.2 Å². The lowest BCUT2D eigenvalue weighted by Gasteiger charge is -2.33. The molecule has 1 aliphatic rings. The summed E-state index contributed by atoms with van der Waals surface area (Å²) in [6, 6.07) is 22.3. The molecule has 0 bridgehead atoms. The smallest absolute Gasteiger partial charge is 0.254 e. The van der Waals surface area contributed by atoms with E-state index in [9.17, 15) is 13.2 Å². The summed E-state index contributed by atoms with van der Waals surface area (Å²) >= 11 is 0. The molecule has 0 unspecified atom stereocenters. The minimum atomic E-state index is -3.55. The average molecular weight is 464 g/mol. The molecule has 3 aromatic rings. The van der Waals surface area contributed by atoms with E-state index in [2.05, 4.69) is 4.98 Å². The molecule has 2 heterocycles. The molecule has 170 valence electrons. The van der Waals surface area contributed by atoms with Gasteiger partial charge < -0.3 is 9.64 Å². The number of carbonyl (C=O) groups excluding carboxylic acids is 1. The fourth-order valence-corrected chi connectivity index (χ4v) is 4.67. The molecule has 1 aliphatic heterocycles. The zero-order valence-corrected chi connectivity index (χ0v) is 18.9. The number of ether oxygens (including phenoxy) is 1. The highest BCUT2D eigenvalue weighted by molar-refractivity contribution is 7.92. The normalized spacial score (nSPS) is 15.0. The first-order chi connectivity index (χ1) is 16.0. The highest BCUT2D eigenvalue weighted by atomic mass is 32.2. The predicted octanol–water partition coefficient (Wildman–Crippen LogP) is 3.42. The average Bonchev–Trinajstić information content (AvgIpc) is 2.87. The van der Waals surface area contributed by atoms with Gasteiger partial charge in [-0.15, -0.1) is 0 Å². The number of benzene rings is 2. The van der Waals surface area contributed by atoms with E-state index in [0.717, 1.165) is 11.1 Å². The summed E-state index contributed by atoms with van der Waals surface area (Å²) in [7, 11) is -3.55. The van der Waals surface area contributed by atoms with Crippen molar-refractivity contribution in [3.05, 3.63) is 101 Å². The fraction of sp³-hybridized carbons (Fsp3) is 0.200. The van der Waals surface area contributed by atoms with Gasteiger partial charge in [0.1, 0.15) is 6.61 Å². The van der Waals surface area contributed by atoms with Crippen LogP contribution in [0.5, 0.6) is 5.88 Å². The van der Waals surface area contributed by atoms with Gasteiger partial charge in [0.15, 0.2) is 0 Å². The first-order valence-corrected chi connectivity index (χ1v) is 12.2. The Kier molecular flexibility index (Phi) is 7.16. The number of rotatable bonds is 7. The molecule has 8 heteroatoms. The minimum Gasteiger partial charge on any atom is -0.473 e. The Hall–Kier alpha value is -3.49. The molecule has 0 radical (unpaired) electrons. The molecule has 4 rings (SSSR count). The van der Waals surface area contributed by atoms with Gasteiger partial charge in [0.05, 0.1) is 0 Å². The van der Waals surface area contributed by atoms with Gasteiger partial charge in [0.25, 0.3) is 5.91 Å². The first kappa shape index (κ1) is 22.7. The van der Waals surface area contributed by atoms with Crippen LogP contribution in [0.25, 0.3) is 6.08 Å². The molecular formula is C25H25N3O4S. The van der Waals surface area contributed by atoms with Gasteiger partial charge in [-0.05, 0) is 23.3 Å². The van der Waals surface area contributed by atoms with E-state index in [1.165, 1.54) is 9.71 Å². The Morgan fingerprint density at radius 3 is 2.30 bits per heavy atom. The maximum Gasteiger partial charge on any atom is 0.254 e. The Bertz CT molecular complexity index is 1210. The van der Waals surface area contributed by atoms with Crippen molar-refractivity contribution < 1.29 is 17.9 Å². The summed E-state index contributed by atoms with van der Waals surface area (Å²) in [5.74, 6) is 0.204. The van der Waals surface area contributed by atoms with Gasteiger partial charge in [-0.1, -0.05) is 60.7 Å². The third kappa shape index (κ3) is 6.06. The van der Waals surface area contributed by atoms with E-state index in [1.54, 1.807) is 29.3 Å². The van der Waals surface area contributed by atoms with Crippen LogP contribution in [0.15, 0.2) is 84.4 Å². The Morgan fingerprint density at radius 1 is 0.939 bits per heavy atom. The Balaban J connectivity index is 1.34. The van der Waals surface area contributed by atoms with E-state index in [4.69, 9.17) is 4.74 Å². The molecule has 0 saturated carbocycles. The first-order valence-electron chi connectivity index (χ1n) is 10.7. The van der Waals surface area contributed by atoms with Gasteiger partial charge in [-0.2, -0.15) is 4.31 Å². The third-order valence-electron chi connectivity index (χ3n) is 5.33. The SMILES string of the molecule is O=C(c1ccnc(OCc2ccccc2)c1)N1CCN(S(=O)(=O)/C=C/c2ccccc2)CC1. The summed E-state index contributed by atoms with van der Waals surface area (Å²) in [6.45, 7) is 1.49. The predicted molar refractivity (Wildman–Crippen MR) is 127 cm³/mol. The molecule has 1 amide bonds. The number of pyridine rings is 1. The van der Waals surface area contributed by atoms with E-state index >= 15 is 0 Å². The second-order valence-corrected chi connectivity index (χ2v) is 9.43. The lowest BCUT2D eigenvalue weighted by molar-refractivity contribution is 0.0698. The summed E-state index contributed by atoms with van der Waals surface area (Å²) < 4.78 is 32.4. The molecule has 33 heavy (non-hydrogen) atoms. The lowest BCUT2D eigenvalue weighted by Crippen LogP contribution is -2.50. The number of piperazine rings is 1.